The maximum absolute atomic E-state index is 12.1. The van der Waals surface area contributed by atoms with E-state index in [4.69, 9.17) is 21.1 Å². The standard InChI is InChI=1S/C17H22ClNO3/c18-15-3-1-14(2-4-15)11-21-10-8-19-12-17(6-5-16(19)20)7-9-22-13-17/h1-4H,5-13H2/t17-/m1/s1. The van der Waals surface area contributed by atoms with Gasteiger partial charge in [-0.2, -0.15) is 0 Å². The number of hydrogen-bond donors (Lipinski definition) is 0. The maximum Gasteiger partial charge on any atom is 0.222 e. The smallest absolute Gasteiger partial charge is 0.222 e. The molecule has 0 aliphatic carbocycles. The molecule has 3 rings (SSSR count). The summed E-state index contributed by atoms with van der Waals surface area (Å²) in [6.07, 6.45) is 2.68. The van der Waals surface area contributed by atoms with E-state index in [0.717, 1.165) is 43.2 Å². The highest BCUT2D eigenvalue weighted by atomic mass is 35.5. The maximum atomic E-state index is 12.1. The minimum Gasteiger partial charge on any atom is -0.381 e. The molecule has 0 aromatic heterocycles. The fraction of sp³-hybridized carbons (Fsp3) is 0.588. The predicted molar refractivity (Wildman–Crippen MR) is 84.8 cm³/mol. The molecule has 2 saturated heterocycles. The second-order valence-electron chi connectivity index (χ2n) is 6.30. The summed E-state index contributed by atoms with van der Waals surface area (Å²) in [5.41, 5.74) is 1.29. The zero-order valence-corrected chi connectivity index (χ0v) is 13.5. The summed E-state index contributed by atoms with van der Waals surface area (Å²) in [7, 11) is 0. The molecule has 4 nitrogen and oxygen atoms in total. The fourth-order valence-corrected chi connectivity index (χ4v) is 3.35. The molecule has 0 unspecified atom stereocenters. The highest BCUT2D eigenvalue weighted by molar-refractivity contribution is 6.30. The molecule has 0 radical (unpaired) electrons. The number of ether oxygens (including phenoxy) is 2. The van der Waals surface area contributed by atoms with Crippen molar-refractivity contribution in [2.75, 3.05) is 32.9 Å². The number of carbonyl (C=O) groups is 1. The van der Waals surface area contributed by atoms with Crippen molar-refractivity contribution < 1.29 is 14.3 Å². The van der Waals surface area contributed by atoms with Crippen molar-refractivity contribution in [3.63, 3.8) is 0 Å². The number of likely N-dealkylation sites (tertiary alicyclic amines) is 1. The van der Waals surface area contributed by atoms with E-state index in [2.05, 4.69) is 0 Å². The number of rotatable bonds is 5. The first-order chi connectivity index (χ1) is 10.7. The summed E-state index contributed by atoms with van der Waals surface area (Å²) in [4.78, 5) is 14.0. The van der Waals surface area contributed by atoms with E-state index >= 15 is 0 Å². The minimum absolute atomic E-state index is 0.199. The van der Waals surface area contributed by atoms with Crippen LogP contribution in [0.1, 0.15) is 24.8 Å². The summed E-state index contributed by atoms with van der Waals surface area (Å²) in [5.74, 6) is 0.243. The summed E-state index contributed by atoms with van der Waals surface area (Å²) >= 11 is 5.85. The quantitative estimate of drug-likeness (QED) is 0.782. The molecule has 2 heterocycles. The van der Waals surface area contributed by atoms with Crippen molar-refractivity contribution in [1.29, 1.82) is 0 Å². The van der Waals surface area contributed by atoms with Crippen molar-refractivity contribution in [3.8, 4) is 0 Å². The van der Waals surface area contributed by atoms with Gasteiger partial charge in [-0.3, -0.25) is 4.79 Å². The van der Waals surface area contributed by atoms with Gasteiger partial charge in [0.25, 0.3) is 0 Å². The lowest BCUT2D eigenvalue weighted by Gasteiger charge is -2.39. The minimum atomic E-state index is 0.199. The Kier molecular flexibility index (Phi) is 5.01. The van der Waals surface area contributed by atoms with E-state index in [1.54, 1.807) is 0 Å². The van der Waals surface area contributed by atoms with Crippen LogP contribution in [-0.4, -0.2) is 43.7 Å². The van der Waals surface area contributed by atoms with Crippen molar-refractivity contribution in [3.05, 3.63) is 34.9 Å². The average Bonchev–Trinajstić information content (AvgIpc) is 2.97. The number of piperidine rings is 1. The van der Waals surface area contributed by atoms with Crippen LogP contribution in [0, 0.1) is 5.41 Å². The molecule has 1 aromatic rings. The Balaban J connectivity index is 1.44. The first-order valence-corrected chi connectivity index (χ1v) is 8.22. The SMILES string of the molecule is O=C1CC[C@@]2(CCOC2)CN1CCOCc1ccc(Cl)cc1. The molecule has 1 amide bonds. The van der Waals surface area contributed by atoms with Crippen LogP contribution >= 0.6 is 11.6 Å². The van der Waals surface area contributed by atoms with Crippen LogP contribution in [0.2, 0.25) is 5.02 Å². The Morgan fingerprint density at radius 3 is 2.82 bits per heavy atom. The van der Waals surface area contributed by atoms with Crippen LogP contribution in [0.25, 0.3) is 0 Å². The molecule has 2 aliphatic rings. The normalized spacial score (nSPS) is 25.1. The van der Waals surface area contributed by atoms with Gasteiger partial charge in [-0.1, -0.05) is 23.7 Å². The topological polar surface area (TPSA) is 38.8 Å². The summed E-state index contributed by atoms with van der Waals surface area (Å²) in [6.45, 7) is 4.21. The second-order valence-corrected chi connectivity index (χ2v) is 6.73. The van der Waals surface area contributed by atoms with E-state index in [1.807, 2.05) is 29.2 Å². The van der Waals surface area contributed by atoms with Gasteiger partial charge in [-0.05, 0) is 30.5 Å². The zero-order valence-electron chi connectivity index (χ0n) is 12.7. The molecular formula is C17H22ClNO3. The third-order valence-corrected chi connectivity index (χ3v) is 4.87. The predicted octanol–water partition coefficient (Wildman–Crippen LogP) is 2.89. The van der Waals surface area contributed by atoms with E-state index in [0.29, 0.717) is 26.2 Å². The molecule has 2 aliphatic heterocycles. The largest absolute Gasteiger partial charge is 0.381 e. The van der Waals surface area contributed by atoms with Gasteiger partial charge in [0, 0.05) is 36.6 Å². The van der Waals surface area contributed by atoms with Crippen LogP contribution in [-0.2, 0) is 20.9 Å². The number of nitrogens with zero attached hydrogens (tertiary/aromatic N) is 1. The molecule has 0 saturated carbocycles. The number of benzene rings is 1. The molecule has 0 bridgehead atoms. The zero-order chi connectivity index (χ0) is 15.4. The Bertz CT molecular complexity index is 511. The monoisotopic (exact) mass is 323 g/mol. The van der Waals surface area contributed by atoms with Gasteiger partial charge in [0.1, 0.15) is 0 Å². The molecule has 1 aromatic carbocycles. The highest BCUT2D eigenvalue weighted by Gasteiger charge is 2.41. The lowest BCUT2D eigenvalue weighted by Crippen LogP contribution is -2.48. The summed E-state index contributed by atoms with van der Waals surface area (Å²) < 4.78 is 11.2. The number of carbonyl (C=O) groups excluding carboxylic acids is 1. The van der Waals surface area contributed by atoms with E-state index in [9.17, 15) is 4.79 Å². The first-order valence-electron chi connectivity index (χ1n) is 7.85. The average molecular weight is 324 g/mol. The van der Waals surface area contributed by atoms with Crippen LogP contribution in [0.5, 0.6) is 0 Å². The molecule has 120 valence electrons. The Labute approximate surface area is 136 Å². The van der Waals surface area contributed by atoms with E-state index in [-0.39, 0.29) is 11.3 Å². The van der Waals surface area contributed by atoms with Crippen molar-refractivity contribution >= 4 is 17.5 Å². The number of hydrogen-bond acceptors (Lipinski definition) is 3. The Morgan fingerprint density at radius 2 is 2.09 bits per heavy atom. The first kappa shape index (κ1) is 15.8. The molecule has 0 N–H and O–H groups in total. The molecule has 1 spiro atoms. The third-order valence-electron chi connectivity index (χ3n) is 4.62. The fourth-order valence-electron chi connectivity index (χ4n) is 3.22. The van der Waals surface area contributed by atoms with Gasteiger partial charge in [-0.15, -0.1) is 0 Å². The molecule has 1 atom stereocenters. The van der Waals surface area contributed by atoms with Gasteiger partial charge in [0.2, 0.25) is 5.91 Å². The highest BCUT2D eigenvalue weighted by Crippen LogP contribution is 2.37. The van der Waals surface area contributed by atoms with Crippen molar-refractivity contribution in [2.24, 2.45) is 5.41 Å². The van der Waals surface area contributed by atoms with Crippen molar-refractivity contribution in [1.82, 2.24) is 4.90 Å². The summed E-state index contributed by atoms with van der Waals surface area (Å²) in [5, 5.41) is 0.728. The van der Waals surface area contributed by atoms with Gasteiger partial charge in [0.15, 0.2) is 0 Å². The summed E-state index contributed by atoms with van der Waals surface area (Å²) in [6, 6.07) is 7.63. The van der Waals surface area contributed by atoms with Gasteiger partial charge in [-0.25, -0.2) is 0 Å². The van der Waals surface area contributed by atoms with Crippen LogP contribution in [0.4, 0.5) is 0 Å². The van der Waals surface area contributed by atoms with Crippen LogP contribution in [0.3, 0.4) is 0 Å². The lowest BCUT2D eigenvalue weighted by atomic mass is 9.79. The molecular weight excluding hydrogens is 302 g/mol. The van der Waals surface area contributed by atoms with Gasteiger partial charge < -0.3 is 14.4 Å². The van der Waals surface area contributed by atoms with Crippen molar-refractivity contribution in [2.45, 2.75) is 25.9 Å². The van der Waals surface area contributed by atoms with Gasteiger partial charge in [0.05, 0.1) is 19.8 Å². The van der Waals surface area contributed by atoms with Crippen LogP contribution in [0.15, 0.2) is 24.3 Å². The molecule has 5 heteroatoms. The van der Waals surface area contributed by atoms with Crippen LogP contribution < -0.4 is 0 Å². The molecule has 2 fully saturated rings. The second kappa shape index (κ2) is 6.99. The number of halogens is 1. The molecule has 22 heavy (non-hydrogen) atoms. The third kappa shape index (κ3) is 3.80. The van der Waals surface area contributed by atoms with E-state index < -0.39 is 0 Å². The van der Waals surface area contributed by atoms with Gasteiger partial charge >= 0.3 is 0 Å². The Hall–Kier alpha value is -1.10. The Morgan fingerprint density at radius 1 is 1.27 bits per heavy atom. The number of amides is 1. The lowest BCUT2D eigenvalue weighted by molar-refractivity contribution is -0.138. The van der Waals surface area contributed by atoms with E-state index in [1.165, 1.54) is 0 Å².